The first kappa shape index (κ1) is 16.0. The number of nitrogens with one attached hydrogen (secondary N) is 3. The lowest BCUT2D eigenvalue weighted by atomic mass is 10.1. The Labute approximate surface area is 135 Å². The summed E-state index contributed by atoms with van der Waals surface area (Å²) in [6.45, 7) is 4.07. The van der Waals surface area contributed by atoms with E-state index in [1.807, 2.05) is 37.3 Å². The van der Waals surface area contributed by atoms with Crippen molar-refractivity contribution in [2.75, 3.05) is 5.32 Å². The van der Waals surface area contributed by atoms with Gasteiger partial charge in [0.2, 0.25) is 0 Å². The van der Waals surface area contributed by atoms with Crippen molar-refractivity contribution < 1.29 is 4.79 Å². The zero-order chi connectivity index (χ0) is 15.9. The second-order valence-electron chi connectivity index (χ2n) is 4.95. The minimum Gasteiger partial charge on any atom is -0.331 e. The maximum atomic E-state index is 12.0. The van der Waals surface area contributed by atoms with Crippen molar-refractivity contribution in [1.29, 1.82) is 0 Å². The average molecular weight is 313 g/mol. The normalized spacial score (nSPS) is 9.91. The molecule has 0 fully saturated rings. The van der Waals surface area contributed by atoms with Crippen molar-refractivity contribution >= 4 is 28.9 Å². The SMILES string of the molecule is CCc1cccc(NC(=S)NNC(=O)c2ccc(C)cc2)c1. The van der Waals surface area contributed by atoms with Gasteiger partial charge >= 0.3 is 0 Å². The highest BCUT2D eigenvalue weighted by Crippen LogP contribution is 2.10. The lowest BCUT2D eigenvalue weighted by molar-refractivity contribution is 0.0944. The van der Waals surface area contributed by atoms with Crippen LogP contribution in [-0.2, 0) is 6.42 Å². The number of hydrogen-bond donors (Lipinski definition) is 3. The Morgan fingerprint density at radius 1 is 1.09 bits per heavy atom. The molecular weight excluding hydrogens is 294 g/mol. The summed E-state index contributed by atoms with van der Waals surface area (Å²) in [4.78, 5) is 12.0. The molecule has 4 nitrogen and oxygen atoms in total. The molecule has 1 amide bonds. The third-order valence-electron chi connectivity index (χ3n) is 3.20. The van der Waals surface area contributed by atoms with Gasteiger partial charge in [0, 0.05) is 11.3 Å². The van der Waals surface area contributed by atoms with Crippen molar-refractivity contribution in [3.05, 3.63) is 65.2 Å². The van der Waals surface area contributed by atoms with Gasteiger partial charge < -0.3 is 5.32 Å². The minimum absolute atomic E-state index is 0.230. The van der Waals surface area contributed by atoms with E-state index >= 15 is 0 Å². The highest BCUT2D eigenvalue weighted by Gasteiger charge is 2.05. The van der Waals surface area contributed by atoms with Crippen LogP contribution in [0.3, 0.4) is 0 Å². The topological polar surface area (TPSA) is 53.2 Å². The first-order valence-corrected chi connectivity index (χ1v) is 7.52. The third-order valence-corrected chi connectivity index (χ3v) is 3.40. The van der Waals surface area contributed by atoms with Crippen molar-refractivity contribution in [3.63, 3.8) is 0 Å². The highest BCUT2D eigenvalue weighted by atomic mass is 32.1. The molecule has 0 aromatic heterocycles. The van der Waals surface area contributed by atoms with Crippen LogP contribution in [0, 0.1) is 6.92 Å². The van der Waals surface area contributed by atoms with Crippen LogP contribution in [0.25, 0.3) is 0 Å². The molecule has 0 spiro atoms. The number of benzene rings is 2. The Bertz CT molecular complexity index is 668. The quantitative estimate of drug-likeness (QED) is 0.602. The van der Waals surface area contributed by atoms with Gasteiger partial charge in [-0.15, -0.1) is 0 Å². The Morgan fingerprint density at radius 3 is 2.50 bits per heavy atom. The van der Waals surface area contributed by atoms with E-state index in [4.69, 9.17) is 12.2 Å². The number of thiocarbonyl (C=S) groups is 1. The summed E-state index contributed by atoms with van der Waals surface area (Å²) in [6.07, 6.45) is 0.958. The molecule has 114 valence electrons. The summed E-state index contributed by atoms with van der Waals surface area (Å²) < 4.78 is 0. The van der Waals surface area contributed by atoms with Crippen LogP contribution < -0.4 is 16.2 Å². The molecule has 0 heterocycles. The summed E-state index contributed by atoms with van der Waals surface area (Å²) in [5, 5.41) is 3.38. The first-order valence-electron chi connectivity index (χ1n) is 7.11. The number of anilines is 1. The Hall–Kier alpha value is -2.40. The maximum Gasteiger partial charge on any atom is 0.269 e. The van der Waals surface area contributed by atoms with Crippen LogP contribution in [-0.4, -0.2) is 11.0 Å². The van der Waals surface area contributed by atoms with Crippen molar-refractivity contribution in [2.24, 2.45) is 0 Å². The molecule has 2 aromatic rings. The molecule has 3 N–H and O–H groups in total. The molecule has 22 heavy (non-hydrogen) atoms. The smallest absolute Gasteiger partial charge is 0.269 e. The number of carbonyl (C=O) groups is 1. The summed E-state index contributed by atoms with van der Waals surface area (Å²) in [6, 6.07) is 15.3. The largest absolute Gasteiger partial charge is 0.331 e. The van der Waals surface area contributed by atoms with Crippen LogP contribution in [0.2, 0.25) is 0 Å². The van der Waals surface area contributed by atoms with E-state index < -0.39 is 0 Å². The molecule has 0 aliphatic heterocycles. The van der Waals surface area contributed by atoms with Gasteiger partial charge in [-0.3, -0.25) is 15.6 Å². The lowest BCUT2D eigenvalue weighted by Gasteiger charge is -2.12. The fraction of sp³-hybridized carbons (Fsp3) is 0.176. The third kappa shape index (κ3) is 4.56. The van der Waals surface area contributed by atoms with Gasteiger partial charge in [-0.05, 0) is 55.4 Å². The van der Waals surface area contributed by atoms with Crippen LogP contribution >= 0.6 is 12.2 Å². The van der Waals surface area contributed by atoms with Crippen molar-refractivity contribution in [1.82, 2.24) is 10.9 Å². The zero-order valence-electron chi connectivity index (χ0n) is 12.6. The second kappa shape index (κ2) is 7.56. The van der Waals surface area contributed by atoms with E-state index in [0.29, 0.717) is 10.7 Å². The Morgan fingerprint density at radius 2 is 1.82 bits per heavy atom. The van der Waals surface area contributed by atoms with Crippen LogP contribution in [0.4, 0.5) is 5.69 Å². The van der Waals surface area contributed by atoms with Gasteiger partial charge in [-0.2, -0.15) is 0 Å². The maximum absolute atomic E-state index is 12.0. The molecular formula is C17H19N3OS. The molecule has 5 heteroatoms. The van der Waals surface area contributed by atoms with Crippen LogP contribution in [0.15, 0.2) is 48.5 Å². The van der Waals surface area contributed by atoms with E-state index in [2.05, 4.69) is 29.2 Å². The number of hydrazine groups is 1. The fourth-order valence-electron chi connectivity index (χ4n) is 1.92. The van der Waals surface area contributed by atoms with Gasteiger partial charge in [0.1, 0.15) is 0 Å². The number of rotatable bonds is 3. The van der Waals surface area contributed by atoms with Gasteiger partial charge in [-0.1, -0.05) is 36.8 Å². The Kier molecular flexibility index (Phi) is 5.49. The van der Waals surface area contributed by atoms with Gasteiger partial charge in [0.25, 0.3) is 5.91 Å². The summed E-state index contributed by atoms with van der Waals surface area (Å²) in [5.41, 5.74) is 9.07. The Balaban J connectivity index is 1.87. The van der Waals surface area contributed by atoms with Crippen LogP contribution in [0.5, 0.6) is 0 Å². The number of hydrogen-bond acceptors (Lipinski definition) is 2. The molecule has 0 unspecified atom stereocenters. The molecule has 0 aliphatic rings. The molecule has 0 atom stereocenters. The standard InChI is InChI=1S/C17H19N3OS/c1-3-13-5-4-6-15(11-13)18-17(22)20-19-16(21)14-9-7-12(2)8-10-14/h4-11H,3H2,1-2H3,(H,19,21)(H2,18,20,22). The van der Waals surface area contributed by atoms with Gasteiger partial charge in [0.05, 0.1) is 0 Å². The first-order chi connectivity index (χ1) is 10.6. The predicted octanol–water partition coefficient (Wildman–Crippen LogP) is 3.19. The monoisotopic (exact) mass is 313 g/mol. The van der Waals surface area contributed by atoms with Crippen molar-refractivity contribution in [3.8, 4) is 0 Å². The van der Waals surface area contributed by atoms with Crippen LogP contribution in [0.1, 0.15) is 28.4 Å². The summed E-state index contributed by atoms with van der Waals surface area (Å²) in [7, 11) is 0. The fourth-order valence-corrected chi connectivity index (χ4v) is 2.09. The number of carbonyl (C=O) groups excluding carboxylic acids is 1. The molecule has 0 saturated carbocycles. The highest BCUT2D eigenvalue weighted by molar-refractivity contribution is 7.80. The molecule has 0 saturated heterocycles. The van der Waals surface area contributed by atoms with E-state index in [1.165, 1.54) is 5.56 Å². The summed E-state index contributed by atoms with van der Waals surface area (Å²) >= 11 is 5.17. The minimum atomic E-state index is -0.230. The van der Waals surface area contributed by atoms with E-state index in [-0.39, 0.29) is 5.91 Å². The lowest BCUT2D eigenvalue weighted by Crippen LogP contribution is -2.43. The number of aryl methyl sites for hydroxylation is 2. The number of amides is 1. The molecule has 0 aliphatic carbocycles. The van der Waals surface area contributed by atoms with Crippen molar-refractivity contribution in [2.45, 2.75) is 20.3 Å². The summed E-state index contributed by atoms with van der Waals surface area (Å²) in [5.74, 6) is -0.230. The van der Waals surface area contributed by atoms with Gasteiger partial charge in [-0.25, -0.2) is 0 Å². The molecule has 2 rings (SSSR count). The van der Waals surface area contributed by atoms with E-state index in [1.54, 1.807) is 12.1 Å². The molecule has 2 aromatic carbocycles. The predicted molar refractivity (Wildman–Crippen MR) is 93.8 cm³/mol. The second-order valence-corrected chi connectivity index (χ2v) is 5.36. The van der Waals surface area contributed by atoms with Gasteiger partial charge in [0.15, 0.2) is 5.11 Å². The average Bonchev–Trinajstić information content (AvgIpc) is 2.53. The molecule has 0 bridgehead atoms. The van der Waals surface area contributed by atoms with E-state index in [0.717, 1.165) is 17.7 Å². The molecule has 0 radical (unpaired) electrons. The van der Waals surface area contributed by atoms with E-state index in [9.17, 15) is 4.79 Å². The zero-order valence-corrected chi connectivity index (χ0v) is 13.5.